The van der Waals surface area contributed by atoms with Crippen LogP contribution in [-0.2, 0) is 6.42 Å². The fourth-order valence-corrected chi connectivity index (χ4v) is 1.78. The highest BCUT2D eigenvalue weighted by Gasteiger charge is 2.21. The third-order valence-corrected chi connectivity index (χ3v) is 2.64. The van der Waals surface area contributed by atoms with Gasteiger partial charge in [-0.25, -0.2) is 4.98 Å². The van der Waals surface area contributed by atoms with E-state index in [1.807, 2.05) is 6.92 Å². The van der Waals surface area contributed by atoms with Gasteiger partial charge in [-0.3, -0.25) is 4.79 Å². The van der Waals surface area contributed by atoms with Crippen molar-refractivity contribution in [3.05, 3.63) is 41.9 Å². The Morgan fingerprint density at radius 2 is 2.28 bits per heavy atom. The van der Waals surface area contributed by atoms with Gasteiger partial charge in [-0.1, -0.05) is 12.1 Å². The van der Waals surface area contributed by atoms with E-state index in [2.05, 4.69) is 15.1 Å². The Morgan fingerprint density at radius 1 is 1.39 bits per heavy atom. The van der Waals surface area contributed by atoms with E-state index >= 15 is 0 Å². The molecule has 0 aromatic carbocycles. The highest BCUT2D eigenvalue weighted by Crippen LogP contribution is 2.22. The van der Waals surface area contributed by atoms with Crippen molar-refractivity contribution in [3.63, 3.8) is 0 Å². The van der Waals surface area contributed by atoms with E-state index in [0.717, 1.165) is 0 Å². The van der Waals surface area contributed by atoms with E-state index in [4.69, 9.17) is 8.94 Å². The van der Waals surface area contributed by atoms with Crippen LogP contribution in [0.3, 0.4) is 0 Å². The lowest BCUT2D eigenvalue weighted by atomic mass is 10.1. The Labute approximate surface area is 102 Å². The molecular formula is C12H9N3O3. The van der Waals surface area contributed by atoms with E-state index in [0.29, 0.717) is 23.2 Å². The number of ketones is 1. The van der Waals surface area contributed by atoms with Gasteiger partial charge in [-0.05, 0) is 18.6 Å². The van der Waals surface area contributed by atoms with Crippen LogP contribution in [0.2, 0.25) is 0 Å². The van der Waals surface area contributed by atoms with Crippen LogP contribution in [0.5, 0.6) is 0 Å². The Balaban J connectivity index is 2.22. The van der Waals surface area contributed by atoms with Gasteiger partial charge in [0.2, 0.25) is 5.78 Å². The van der Waals surface area contributed by atoms with Gasteiger partial charge in [0.1, 0.15) is 12.0 Å². The van der Waals surface area contributed by atoms with E-state index in [1.165, 1.54) is 12.6 Å². The largest absolute Gasteiger partial charge is 0.461 e. The van der Waals surface area contributed by atoms with Crippen LogP contribution in [0.4, 0.5) is 0 Å². The molecule has 6 heteroatoms. The summed E-state index contributed by atoms with van der Waals surface area (Å²) >= 11 is 0. The molecule has 0 saturated heterocycles. The first kappa shape index (κ1) is 10.6. The van der Waals surface area contributed by atoms with Crippen LogP contribution >= 0.6 is 0 Å². The van der Waals surface area contributed by atoms with Crippen molar-refractivity contribution >= 4 is 16.9 Å². The van der Waals surface area contributed by atoms with Gasteiger partial charge >= 0.3 is 0 Å². The standard InChI is InChI=1S/C12H9N3O3/c1-2-7-9-10(11(16)8-4-3-5-17-8)13-6-14-12(9)18-15-7/h3-6H,2H2,1H3. The first-order chi connectivity index (χ1) is 8.81. The summed E-state index contributed by atoms with van der Waals surface area (Å²) in [4.78, 5) is 20.2. The lowest BCUT2D eigenvalue weighted by Gasteiger charge is -1.98. The van der Waals surface area contributed by atoms with E-state index in [9.17, 15) is 4.79 Å². The maximum atomic E-state index is 12.2. The first-order valence-electron chi connectivity index (χ1n) is 5.48. The van der Waals surface area contributed by atoms with Gasteiger partial charge in [0.15, 0.2) is 5.76 Å². The first-order valence-corrected chi connectivity index (χ1v) is 5.48. The summed E-state index contributed by atoms with van der Waals surface area (Å²) in [5.41, 5.74) is 1.24. The summed E-state index contributed by atoms with van der Waals surface area (Å²) in [5.74, 6) is -0.0662. The molecule has 3 rings (SSSR count). The molecule has 6 nitrogen and oxygen atoms in total. The normalized spacial score (nSPS) is 10.9. The fraction of sp³-hybridized carbons (Fsp3) is 0.167. The van der Waals surface area contributed by atoms with Crippen LogP contribution in [-0.4, -0.2) is 20.9 Å². The molecule has 0 fully saturated rings. The van der Waals surface area contributed by atoms with Crippen LogP contribution in [0.15, 0.2) is 33.7 Å². The minimum Gasteiger partial charge on any atom is -0.461 e. The minimum atomic E-state index is -0.301. The van der Waals surface area contributed by atoms with Crippen molar-refractivity contribution in [1.29, 1.82) is 0 Å². The van der Waals surface area contributed by atoms with E-state index < -0.39 is 0 Å². The van der Waals surface area contributed by atoms with Crippen LogP contribution in [0, 0.1) is 0 Å². The summed E-state index contributed by atoms with van der Waals surface area (Å²) in [6, 6.07) is 3.25. The Morgan fingerprint density at radius 3 is 3.00 bits per heavy atom. The number of rotatable bonds is 3. The summed E-state index contributed by atoms with van der Waals surface area (Å²) in [5, 5.41) is 4.43. The van der Waals surface area contributed by atoms with Crippen molar-refractivity contribution in [2.75, 3.05) is 0 Å². The Hall–Kier alpha value is -2.50. The topological polar surface area (TPSA) is 82.0 Å². The molecule has 0 N–H and O–H groups in total. The number of aryl methyl sites for hydroxylation is 1. The average molecular weight is 243 g/mol. The second kappa shape index (κ2) is 4.06. The number of carbonyl (C=O) groups excluding carboxylic acids is 1. The number of furan rings is 1. The highest BCUT2D eigenvalue weighted by atomic mass is 16.5. The van der Waals surface area contributed by atoms with Crippen molar-refractivity contribution in [3.8, 4) is 0 Å². The molecule has 0 atom stereocenters. The number of carbonyl (C=O) groups is 1. The third kappa shape index (κ3) is 1.50. The zero-order valence-electron chi connectivity index (χ0n) is 9.58. The molecule has 0 bridgehead atoms. The molecule has 0 spiro atoms. The second-order valence-electron chi connectivity index (χ2n) is 3.69. The van der Waals surface area contributed by atoms with Gasteiger partial charge in [0.25, 0.3) is 5.71 Å². The van der Waals surface area contributed by atoms with Gasteiger partial charge < -0.3 is 8.94 Å². The lowest BCUT2D eigenvalue weighted by Crippen LogP contribution is -2.04. The molecule has 0 aliphatic heterocycles. The zero-order chi connectivity index (χ0) is 12.5. The van der Waals surface area contributed by atoms with Gasteiger partial charge in [-0.2, -0.15) is 4.98 Å². The maximum absolute atomic E-state index is 12.2. The number of aromatic nitrogens is 3. The molecule has 0 unspecified atom stereocenters. The molecule has 0 aliphatic rings. The fourth-order valence-electron chi connectivity index (χ4n) is 1.78. The predicted molar refractivity (Wildman–Crippen MR) is 61.1 cm³/mol. The third-order valence-electron chi connectivity index (χ3n) is 2.64. The Kier molecular flexibility index (Phi) is 2.40. The van der Waals surface area contributed by atoms with Crippen LogP contribution < -0.4 is 0 Å². The maximum Gasteiger partial charge on any atom is 0.261 e. The molecule has 0 amide bonds. The molecule has 0 aliphatic carbocycles. The summed E-state index contributed by atoms with van der Waals surface area (Å²) in [6.45, 7) is 1.92. The monoisotopic (exact) mass is 243 g/mol. The van der Waals surface area contributed by atoms with Crippen LogP contribution in [0.25, 0.3) is 11.1 Å². The zero-order valence-corrected chi connectivity index (χ0v) is 9.58. The van der Waals surface area contributed by atoms with Crippen molar-refractivity contribution in [2.45, 2.75) is 13.3 Å². The van der Waals surface area contributed by atoms with E-state index in [-0.39, 0.29) is 17.2 Å². The average Bonchev–Trinajstić information content (AvgIpc) is 3.06. The molecule has 3 heterocycles. The molecule has 0 radical (unpaired) electrons. The quantitative estimate of drug-likeness (QED) is 0.654. The number of nitrogens with zero attached hydrogens (tertiary/aromatic N) is 3. The van der Waals surface area contributed by atoms with Crippen LogP contribution in [0.1, 0.15) is 28.9 Å². The molecule has 90 valence electrons. The van der Waals surface area contributed by atoms with Crippen molar-refractivity contribution in [1.82, 2.24) is 15.1 Å². The minimum absolute atomic E-state index is 0.234. The second-order valence-corrected chi connectivity index (χ2v) is 3.69. The summed E-state index contributed by atoms with van der Waals surface area (Å²) in [6.07, 6.45) is 3.36. The SMILES string of the molecule is CCc1noc2ncnc(C(=O)c3ccco3)c12. The summed E-state index contributed by atoms with van der Waals surface area (Å²) < 4.78 is 10.2. The lowest BCUT2D eigenvalue weighted by molar-refractivity contribution is 0.101. The van der Waals surface area contributed by atoms with Gasteiger partial charge in [0.05, 0.1) is 17.3 Å². The Bertz CT molecular complexity index is 701. The number of hydrogen-bond donors (Lipinski definition) is 0. The molecule has 3 aromatic heterocycles. The predicted octanol–water partition coefficient (Wildman–Crippen LogP) is 2.00. The summed E-state index contributed by atoms with van der Waals surface area (Å²) in [7, 11) is 0. The van der Waals surface area contributed by atoms with Crippen molar-refractivity contribution < 1.29 is 13.7 Å². The van der Waals surface area contributed by atoms with Gasteiger partial charge in [0, 0.05) is 0 Å². The van der Waals surface area contributed by atoms with Gasteiger partial charge in [-0.15, -0.1) is 0 Å². The molecule has 0 saturated carbocycles. The number of fused-ring (bicyclic) bond motifs is 1. The smallest absolute Gasteiger partial charge is 0.261 e. The van der Waals surface area contributed by atoms with E-state index in [1.54, 1.807) is 12.1 Å². The molecule has 18 heavy (non-hydrogen) atoms. The molecular weight excluding hydrogens is 234 g/mol. The highest BCUT2D eigenvalue weighted by molar-refractivity contribution is 6.12. The van der Waals surface area contributed by atoms with Crippen molar-refractivity contribution in [2.24, 2.45) is 0 Å². The number of hydrogen-bond acceptors (Lipinski definition) is 6. The molecule has 3 aromatic rings.